The highest BCUT2D eigenvalue weighted by atomic mass is 79.9. The van der Waals surface area contributed by atoms with Gasteiger partial charge >= 0.3 is 0 Å². The number of aromatic nitrogens is 1. The van der Waals surface area contributed by atoms with Gasteiger partial charge in [0.1, 0.15) is 10.6 Å². The van der Waals surface area contributed by atoms with Gasteiger partial charge in [0.25, 0.3) is 5.91 Å². The number of halogens is 1. The molecule has 1 rings (SSSR count). The number of amides is 2. The van der Waals surface area contributed by atoms with Crippen molar-refractivity contribution in [3.8, 4) is 0 Å². The van der Waals surface area contributed by atoms with Crippen molar-refractivity contribution in [1.82, 2.24) is 15.2 Å². The van der Waals surface area contributed by atoms with Crippen LogP contribution in [0.3, 0.4) is 0 Å². The molecule has 0 saturated heterocycles. The van der Waals surface area contributed by atoms with Gasteiger partial charge in [-0.05, 0) is 48.8 Å². The Morgan fingerprint density at radius 1 is 1.37 bits per heavy atom. The molecule has 104 valence electrons. The van der Waals surface area contributed by atoms with Crippen molar-refractivity contribution in [1.29, 1.82) is 0 Å². The molecule has 0 bridgehead atoms. The largest absolute Gasteiger partial charge is 0.341 e. The fourth-order valence-electron chi connectivity index (χ4n) is 1.66. The van der Waals surface area contributed by atoms with E-state index in [-0.39, 0.29) is 11.8 Å². The second kappa shape index (κ2) is 7.23. The topological polar surface area (TPSA) is 62.3 Å². The van der Waals surface area contributed by atoms with Crippen molar-refractivity contribution in [3.05, 3.63) is 28.5 Å². The molecule has 0 saturated carbocycles. The quantitative estimate of drug-likeness (QED) is 0.839. The lowest BCUT2D eigenvalue weighted by Gasteiger charge is -2.23. The van der Waals surface area contributed by atoms with E-state index in [4.69, 9.17) is 0 Å². The Labute approximate surface area is 121 Å². The van der Waals surface area contributed by atoms with Crippen LogP contribution < -0.4 is 5.32 Å². The maximum absolute atomic E-state index is 12.0. The first-order valence-electron chi connectivity index (χ1n) is 6.20. The van der Waals surface area contributed by atoms with E-state index in [1.165, 1.54) is 6.20 Å². The van der Waals surface area contributed by atoms with Gasteiger partial charge < -0.3 is 10.2 Å². The van der Waals surface area contributed by atoms with Gasteiger partial charge in [-0.3, -0.25) is 9.59 Å². The van der Waals surface area contributed by atoms with Gasteiger partial charge in [0.2, 0.25) is 5.91 Å². The van der Waals surface area contributed by atoms with Gasteiger partial charge in [0, 0.05) is 19.3 Å². The van der Waals surface area contributed by atoms with E-state index in [0.717, 1.165) is 0 Å². The fraction of sp³-hybridized carbons (Fsp3) is 0.462. The maximum atomic E-state index is 12.0. The highest BCUT2D eigenvalue weighted by molar-refractivity contribution is 9.10. The van der Waals surface area contributed by atoms with Crippen LogP contribution in [-0.4, -0.2) is 40.8 Å². The standard InChI is InChI=1S/C13H18BrN3O2/c1-4-17(5-2)13(19)9(3)16-12(18)10-6-7-11(14)15-8-10/h6-9H,4-5H2,1-3H3,(H,16,18). The third-order valence-electron chi connectivity index (χ3n) is 2.78. The molecule has 1 unspecified atom stereocenters. The zero-order valence-corrected chi connectivity index (χ0v) is 12.9. The van der Waals surface area contributed by atoms with E-state index in [0.29, 0.717) is 23.3 Å². The highest BCUT2D eigenvalue weighted by Crippen LogP contribution is 2.06. The third-order valence-corrected chi connectivity index (χ3v) is 3.25. The van der Waals surface area contributed by atoms with E-state index in [9.17, 15) is 9.59 Å². The van der Waals surface area contributed by atoms with Crippen LogP contribution in [0.15, 0.2) is 22.9 Å². The first kappa shape index (κ1) is 15.6. The number of nitrogens with zero attached hydrogens (tertiary/aromatic N) is 2. The Kier molecular flexibility index (Phi) is 5.95. The van der Waals surface area contributed by atoms with E-state index in [1.807, 2.05) is 13.8 Å². The van der Waals surface area contributed by atoms with E-state index in [1.54, 1.807) is 24.0 Å². The molecule has 0 fully saturated rings. The van der Waals surface area contributed by atoms with Crippen molar-refractivity contribution in [3.63, 3.8) is 0 Å². The van der Waals surface area contributed by atoms with E-state index < -0.39 is 6.04 Å². The molecule has 0 aliphatic heterocycles. The molecular formula is C13H18BrN3O2. The Balaban J connectivity index is 2.66. The first-order valence-corrected chi connectivity index (χ1v) is 7.00. The molecule has 2 amide bonds. The number of hydrogen-bond acceptors (Lipinski definition) is 3. The van der Waals surface area contributed by atoms with Gasteiger partial charge in [-0.25, -0.2) is 4.98 Å². The Bertz CT molecular complexity index is 444. The van der Waals surface area contributed by atoms with E-state index in [2.05, 4.69) is 26.2 Å². The minimum absolute atomic E-state index is 0.0802. The predicted octanol–water partition coefficient (Wildman–Crippen LogP) is 1.83. The molecule has 1 aromatic heterocycles. The summed E-state index contributed by atoms with van der Waals surface area (Å²) in [5.74, 6) is -0.378. The van der Waals surface area contributed by atoms with Crippen LogP contribution >= 0.6 is 15.9 Å². The Morgan fingerprint density at radius 2 is 2.00 bits per heavy atom. The summed E-state index contributed by atoms with van der Waals surface area (Å²) in [6.07, 6.45) is 1.47. The van der Waals surface area contributed by atoms with Gasteiger partial charge in [-0.1, -0.05) is 0 Å². The van der Waals surface area contributed by atoms with Crippen molar-refractivity contribution in [2.75, 3.05) is 13.1 Å². The molecular weight excluding hydrogens is 310 g/mol. The van der Waals surface area contributed by atoms with Crippen LogP contribution in [0.5, 0.6) is 0 Å². The van der Waals surface area contributed by atoms with Crippen LogP contribution in [0.4, 0.5) is 0 Å². The van der Waals surface area contributed by atoms with Crippen LogP contribution in [0, 0.1) is 0 Å². The fourth-order valence-corrected chi connectivity index (χ4v) is 1.90. The minimum atomic E-state index is -0.545. The first-order chi connectivity index (χ1) is 8.99. The molecule has 5 nitrogen and oxygen atoms in total. The number of nitrogens with one attached hydrogen (secondary N) is 1. The van der Waals surface area contributed by atoms with Crippen LogP contribution in [-0.2, 0) is 4.79 Å². The minimum Gasteiger partial charge on any atom is -0.341 e. The lowest BCUT2D eigenvalue weighted by atomic mass is 10.2. The van der Waals surface area contributed by atoms with Gasteiger partial charge in [-0.15, -0.1) is 0 Å². The summed E-state index contributed by atoms with van der Waals surface area (Å²) < 4.78 is 0.663. The molecule has 0 aliphatic carbocycles. The molecule has 0 spiro atoms. The molecule has 0 aliphatic rings. The summed E-state index contributed by atoms with van der Waals surface area (Å²) in [5, 5.41) is 2.68. The summed E-state index contributed by atoms with van der Waals surface area (Å²) in [4.78, 5) is 29.6. The maximum Gasteiger partial charge on any atom is 0.253 e. The zero-order valence-electron chi connectivity index (χ0n) is 11.3. The lowest BCUT2D eigenvalue weighted by molar-refractivity contribution is -0.132. The Hall–Kier alpha value is -1.43. The van der Waals surface area contributed by atoms with Crippen molar-refractivity contribution in [2.45, 2.75) is 26.8 Å². The number of likely N-dealkylation sites (N-methyl/N-ethyl adjacent to an activating group) is 1. The molecule has 1 aromatic rings. The van der Waals surface area contributed by atoms with Crippen molar-refractivity contribution in [2.24, 2.45) is 0 Å². The molecule has 6 heteroatoms. The normalized spacial score (nSPS) is 11.8. The highest BCUT2D eigenvalue weighted by Gasteiger charge is 2.20. The monoisotopic (exact) mass is 327 g/mol. The van der Waals surface area contributed by atoms with E-state index >= 15 is 0 Å². The summed E-state index contributed by atoms with van der Waals surface area (Å²) >= 11 is 3.20. The van der Waals surface area contributed by atoms with Gasteiger partial charge in [-0.2, -0.15) is 0 Å². The molecule has 19 heavy (non-hydrogen) atoms. The number of pyridine rings is 1. The lowest BCUT2D eigenvalue weighted by Crippen LogP contribution is -2.46. The molecule has 1 N–H and O–H groups in total. The smallest absolute Gasteiger partial charge is 0.253 e. The number of carbonyl (C=O) groups is 2. The summed E-state index contributed by atoms with van der Waals surface area (Å²) in [6, 6.07) is 2.79. The Morgan fingerprint density at radius 3 is 2.47 bits per heavy atom. The second-order valence-corrected chi connectivity index (χ2v) is 4.89. The number of hydrogen-bond donors (Lipinski definition) is 1. The third kappa shape index (κ3) is 4.31. The average Bonchev–Trinajstić information content (AvgIpc) is 2.40. The summed E-state index contributed by atoms with van der Waals surface area (Å²) in [5.41, 5.74) is 0.433. The van der Waals surface area contributed by atoms with Gasteiger partial charge in [0.05, 0.1) is 5.56 Å². The molecule has 0 aromatic carbocycles. The van der Waals surface area contributed by atoms with Crippen LogP contribution in [0.25, 0.3) is 0 Å². The predicted molar refractivity (Wildman–Crippen MR) is 76.8 cm³/mol. The molecule has 1 atom stereocenters. The zero-order chi connectivity index (χ0) is 14.4. The summed E-state index contributed by atoms with van der Waals surface area (Å²) in [6.45, 7) is 6.78. The van der Waals surface area contributed by atoms with Crippen LogP contribution in [0.2, 0.25) is 0 Å². The SMILES string of the molecule is CCN(CC)C(=O)C(C)NC(=O)c1ccc(Br)nc1. The molecule has 0 radical (unpaired) electrons. The average molecular weight is 328 g/mol. The van der Waals surface area contributed by atoms with Crippen molar-refractivity contribution >= 4 is 27.7 Å². The number of rotatable bonds is 5. The van der Waals surface area contributed by atoms with Gasteiger partial charge in [0.15, 0.2) is 0 Å². The summed E-state index contributed by atoms with van der Waals surface area (Å²) in [7, 11) is 0. The van der Waals surface area contributed by atoms with Crippen molar-refractivity contribution < 1.29 is 9.59 Å². The number of carbonyl (C=O) groups excluding carboxylic acids is 2. The van der Waals surface area contributed by atoms with Crippen LogP contribution in [0.1, 0.15) is 31.1 Å². The second-order valence-electron chi connectivity index (χ2n) is 4.08. The molecule has 1 heterocycles.